The summed E-state index contributed by atoms with van der Waals surface area (Å²) >= 11 is 0. The van der Waals surface area contributed by atoms with Gasteiger partial charge in [0.15, 0.2) is 0 Å². The summed E-state index contributed by atoms with van der Waals surface area (Å²) < 4.78 is 10.7. The molecule has 0 aromatic heterocycles. The number of aromatic carboxylic acids is 1. The van der Waals surface area contributed by atoms with Gasteiger partial charge in [-0.25, -0.2) is 4.79 Å². The maximum absolute atomic E-state index is 11.0. The van der Waals surface area contributed by atoms with E-state index in [1.807, 2.05) is 0 Å². The summed E-state index contributed by atoms with van der Waals surface area (Å²) in [7, 11) is 0. The minimum absolute atomic E-state index is 0.00259. The third kappa shape index (κ3) is 3.19. The smallest absolute Gasteiger partial charge is 0.339 e. The number of carboxylic acid groups (broad SMARTS) is 1. The molecule has 1 aliphatic heterocycles. The van der Waals surface area contributed by atoms with E-state index in [0.29, 0.717) is 6.61 Å². The average molecular weight is 267 g/mol. The van der Waals surface area contributed by atoms with Crippen molar-refractivity contribution in [3.8, 4) is 5.75 Å². The van der Waals surface area contributed by atoms with Crippen LogP contribution in [0.5, 0.6) is 5.75 Å². The van der Waals surface area contributed by atoms with Crippen LogP contribution >= 0.6 is 0 Å². The SMILES string of the molecule is O=C(O)c1ccc([N+](=O)[O-])cc1OCC1CCCO1. The minimum Gasteiger partial charge on any atom is -0.490 e. The quantitative estimate of drug-likeness (QED) is 0.645. The van der Waals surface area contributed by atoms with Gasteiger partial charge in [0.1, 0.15) is 17.9 Å². The number of non-ortho nitro benzene ring substituents is 1. The van der Waals surface area contributed by atoms with Crippen molar-refractivity contribution in [2.45, 2.75) is 18.9 Å². The molecule has 1 aromatic rings. The summed E-state index contributed by atoms with van der Waals surface area (Å²) in [5.74, 6) is -1.19. The highest BCUT2D eigenvalue weighted by atomic mass is 16.6. The van der Waals surface area contributed by atoms with E-state index in [9.17, 15) is 14.9 Å². The summed E-state index contributed by atoms with van der Waals surface area (Å²) in [5, 5.41) is 19.7. The molecule has 0 amide bonds. The van der Waals surface area contributed by atoms with Gasteiger partial charge in [-0.2, -0.15) is 0 Å². The topological polar surface area (TPSA) is 98.9 Å². The molecule has 2 rings (SSSR count). The van der Waals surface area contributed by atoms with E-state index in [1.54, 1.807) is 0 Å². The largest absolute Gasteiger partial charge is 0.490 e. The fourth-order valence-electron chi connectivity index (χ4n) is 1.88. The predicted molar refractivity (Wildman–Crippen MR) is 64.5 cm³/mol. The number of rotatable bonds is 5. The van der Waals surface area contributed by atoms with Crippen LogP contribution in [0.25, 0.3) is 0 Å². The molecule has 1 aliphatic rings. The normalized spacial score (nSPS) is 18.2. The van der Waals surface area contributed by atoms with Crippen LogP contribution < -0.4 is 4.74 Å². The Kier molecular flexibility index (Phi) is 3.96. The van der Waals surface area contributed by atoms with Gasteiger partial charge in [-0.15, -0.1) is 0 Å². The minimum atomic E-state index is -1.18. The molecule has 0 saturated carbocycles. The molecule has 0 bridgehead atoms. The standard InChI is InChI=1S/C12H13NO6/c14-12(15)10-4-3-8(13(16)17)6-11(10)19-7-9-2-1-5-18-9/h3-4,6,9H,1-2,5,7H2,(H,14,15). The molecule has 1 saturated heterocycles. The number of carbonyl (C=O) groups is 1. The first-order valence-corrected chi connectivity index (χ1v) is 5.84. The highest BCUT2D eigenvalue weighted by molar-refractivity contribution is 5.91. The van der Waals surface area contributed by atoms with E-state index in [1.165, 1.54) is 6.07 Å². The van der Waals surface area contributed by atoms with Crippen molar-refractivity contribution in [2.24, 2.45) is 0 Å². The second-order valence-electron chi connectivity index (χ2n) is 4.19. The molecule has 1 heterocycles. The Morgan fingerprint density at radius 2 is 2.37 bits per heavy atom. The molecule has 102 valence electrons. The molecule has 0 spiro atoms. The number of nitro benzene ring substituents is 1. The van der Waals surface area contributed by atoms with Gasteiger partial charge in [-0.1, -0.05) is 0 Å². The third-order valence-electron chi connectivity index (χ3n) is 2.86. The molecule has 19 heavy (non-hydrogen) atoms. The van der Waals surface area contributed by atoms with E-state index in [-0.39, 0.29) is 29.7 Å². The van der Waals surface area contributed by atoms with E-state index in [2.05, 4.69) is 0 Å². The fourth-order valence-corrected chi connectivity index (χ4v) is 1.88. The second kappa shape index (κ2) is 5.66. The number of nitrogens with zero attached hydrogens (tertiary/aromatic N) is 1. The zero-order chi connectivity index (χ0) is 13.8. The molecule has 7 nitrogen and oxygen atoms in total. The van der Waals surface area contributed by atoms with Crippen LogP contribution in [-0.4, -0.2) is 35.3 Å². The van der Waals surface area contributed by atoms with Gasteiger partial charge in [-0.3, -0.25) is 10.1 Å². The molecule has 7 heteroatoms. The summed E-state index contributed by atoms with van der Waals surface area (Å²) in [4.78, 5) is 21.1. The lowest BCUT2D eigenvalue weighted by atomic mass is 10.2. The lowest BCUT2D eigenvalue weighted by Crippen LogP contribution is -2.17. The highest BCUT2D eigenvalue weighted by Gasteiger charge is 2.20. The molecule has 1 N–H and O–H groups in total. The number of ether oxygens (including phenoxy) is 2. The Morgan fingerprint density at radius 1 is 1.58 bits per heavy atom. The highest BCUT2D eigenvalue weighted by Crippen LogP contribution is 2.26. The second-order valence-corrected chi connectivity index (χ2v) is 4.19. The van der Waals surface area contributed by atoms with Gasteiger partial charge < -0.3 is 14.6 Å². The number of hydrogen-bond donors (Lipinski definition) is 1. The lowest BCUT2D eigenvalue weighted by molar-refractivity contribution is -0.384. The zero-order valence-corrected chi connectivity index (χ0v) is 10.1. The van der Waals surface area contributed by atoms with E-state index in [4.69, 9.17) is 14.6 Å². The summed E-state index contributed by atoms with van der Waals surface area (Å²) in [5.41, 5.74) is -0.295. The monoisotopic (exact) mass is 267 g/mol. The van der Waals surface area contributed by atoms with Crippen LogP contribution in [-0.2, 0) is 4.74 Å². The molecular weight excluding hydrogens is 254 g/mol. The van der Waals surface area contributed by atoms with E-state index in [0.717, 1.165) is 25.0 Å². The Labute approximate surface area is 108 Å². The molecule has 1 unspecified atom stereocenters. The Bertz CT molecular complexity index is 495. The molecule has 0 radical (unpaired) electrons. The maximum Gasteiger partial charge on any atom is 0.339 e. The van der Waals surface area contributed by atoms with Crippen LogP contribution in [0.1, 0.15) is 23.2 Å². The van der Waals surface area contributed by atoms with Crippen LogP contribution in [0.4, 0.5) is 5.69 Å². The van der Waals surface area contributed by atoms with E-state index >= 15 is 0 Å². The fraction of sp³-hybridized carbons (Fsp3) is 0.417. The first-order chi connectivity index (χ1) is 9.08. The van der Waals surface area contributed by atoms with Gasteiger partial charge in [0.2, 0.25) is 0 Å². The van der Waals surface area contributed by atoms with Crippen molar-refractivity contribution >= 4 is 11.7 Å². The Hall–Kier alpha value is -2.15. The predicted octanol–water partition coefficient (Wildman–Crippen LogP) is 1.85. The van der Waals surface area contributed by atoms with Gasteiger partial charge >= 0.3 is 5.97 Å². The molecule has 1 atom stereocenters. The first kappa shape index (κ1) is 13.3. The van der Waals surface area contributed by atoms with Crippen LogP contribution in [0.2, 0.25) is 0 Å². The molecule has 0 aliphatic carbocycles. The summed E-state index contributed by atoms with van der Waals surface area (Å²) in [6, 6.07) is 3.44. The number of hydrogen-bond acceptors (Lipinski definition) is 5. The third-order valence-corrected chi connectivity index (χ3v) is 2.86. The van der Waals surface area contributed by atoms with Crippen molar-refractivity contribution in [1.29, 1.82) is 0 Å². The summed E-state index contributed by atoms with van der Waals surface area (Å²) in [6.07, 6.45) is 1.70. The molecule has 1 aromatic carbocycles. The number of carboxylic acids is 1. The number of benzene rings is 1. The van der Waals surface area contributed by atoms with Crippen LogP contribution in [0.3, 0.4) is 0 Å². The molecule has 1 fully saturated rings. The Balaban J connectivity index is 2.16. The van der Waals surface area contributed by atoms with E-state index < -0.39 is 10.9 Å². The van der Waals surface area contributed by atoms with Crippen molar-refractivity contribution in [2.75, 3.05) is 13.2 Å². The van der Waals surface area contributed by atoms with Crippen LogP contribution in [0.15, 0.2) is 18.2 Å². The zero-order valence-electron chi connectivity index (χ0n) is 10.1. The van der Waals surface area contributed by atoms with Crippen molar-refractivity contribution < 1.29 is 24.3 Å². The van der Waals surface area contributed by atoms with Gasteiger partial charge in [0, 0.05) is 12.7 Å². The lowest BCUT2D eigenvalue weighted by Gasteiger charge is -2.12. The maximum atomic E-state index is 11.0. The van der Waals surface area contributed by atoms with Crippen molar-refractivity contribution in [1.82, 2.24) is 0 Å². The van der Waals surface area contributed by atoms with Gasteiger partial charge in [0.05, 0.1) is 17.1 Å². The van der Waals surface area contributed by atoms with Gasteiger partial charge in [0.25, 0.3) is 5.69 Å². The first-order valence-electron chi connectivity index (χ1n) is 5.84. The van der Waals surface area contributed by atoms with Crippen molar-refractivity contribution in [3.63, 3.8) is 0 Å². The Morgan fingerprint density at radius 3 is 2.95 bits per heavy atom. The average Bonchev–Trinajstić information content (AvgIpc) is 2.88. The molecular formula is C12H13NO6. The summed E-state index contributed by atoms with van der Waals surface area (Å²) in [6.45, 7) is 0.857. The van der Waals surface area contributed by atoms with Gasteiger partial charge in [-0.05, 0) is 18.9 Å². The van der Waals surface area contributed by atoms with Crippen molar-refractivity contribution in [3.05, 3.63) is 33.9 Å². The van der Waals surface area contributed by atoms with Crippen LogP contribution in [0, 0.1) is 10.1 Å². The number of nitro groups is 1.